The van der Waals surface area contributed by atoms with Crippen molar-refractivity contribution in [2.75, 3.05) is 17.6 Å². The predicted octanol–water partition coefficient (Wildman–Crippen LogP) is 1.99. The number of anilines is 2. The highest BCUT2D eigenvalue weighted by Crippen LogP contribution is 2.17. The maximum Gasteiger partial charge on any atom is 0.243 e. The van der Waals surface area contributed by atoms with Crippen molar-refractivity contribution in [3.8, 4) is 0 Å². The molecule has 6 heteroatoms. The fraction of sp³-hybridized carbons (Fsp3) is 0.273. The highest BCUT2D eigenvalue weighted by Gasteiger charge is 2.08. The summed E-state index contributed by atoms with van der Waals surface area (Å²) in [7, 11) is 0. The van der Waals surface area contributed by atoms with Gasteiger partial charge in [0.05, 0.1) is 6.54 Å². The lowest BCUT2D eigenvalue weighted by Gasteiger charge is -2.04. The first-order valence-electron chi connectivity index (χ1n) is 5.38. The van der Waals surface area contributed by atoms with Crippen LogP contribution in [0.15, 0.2) is 24.3 Å². The molecule has 0 aliphatic carbocycles. The number of hydrogen-bond acceptors (Lipinski definition) is 4. The Bertz CT molecular complexity index is 508. The minimum absolute atomic E-state index is 0.376. The number of aromatic nitrogens is 3. The van der Waals surface area contributed by atoms with E-state index in [0.29, 0.717) is 23.5 Å². The zero-order valence-electron chi connectivity index (χ0n) is 9.52. The molecule has 3 N–H and O–H groups in total. The van der Waals surface area contributed by atoms with Crippen LogP contribution in [0.1, 0.15) is 12.5 Å². The Hall–Kier alpha value is -1.75. The van der Waals surface area contributed by atoms with Gasteiger partial charge in [0.2, 0.25) is 11.9 Å². The number of nitrogens with one attached hydrogen (secondary N) is 1. The third kappa shape index (κ3) is 2.68. The van der Waals surface area contributed by atoms with E-state index in [4.69, 9.17) is 17.3 Å². The Morgan fingerprint density at radius 2 is 2.18 bits per heavy atom. The summed E-state index contributed by atoms with van der Waals surface area (Å²) in [5.41, 5.74) is 6.74. The van der Waals surface area contributed by atoms with Crippen LogP contribution < -0.4 is 11.1 Å². The molecule has 0 spiro atoms. The number of benzene rings is 1. The van der Waals surface area contributed by atoms with E-state index in [1.165, 1.54) is 0 Å². The molecule has 0 bridgehead atoms. The SMILES string of the molecule is CCNc1nc(N)n(Cc2ccccc2Cl)n1. The van der Waals surface area contributed by atoms with Crippen LogP contribution in [0.4, 0.5) is 11.9 Å². The molecule has 90 valence electrons. The second kappa shape index (κ2) is 5.05. The monoisotopic (exact) mass is 251 g/mol. The Labute approximate surface area is 105 Å². The van der Waals surface area contributed by atoms with Gasteiger partial charge in [0.25, 0.3) is 0 Å². The molecule has 0 atom stereocenters. The molecule has 0 aliphatic rings. The van der Waals surface area contributed by atoms with Gasteiger partial charge in [-0.25, -0.2) is 4.68 Å². The van der Waals surface area contributed by atoms with Gasteiger partial charge in [-0.05, 0) is 18.6 Å². The number of nitrogens with zero attached hydrogens (tertiary/aromatic N) is 3. The van der Waals surface area contributed by atoms with Gasteiger partial charge >= 0.3 is 0 Å². The van der Waals surface area contributed by atoms with Gasteiger partial charge in [-0.1, -0.05) is 29.8 Å². The van der Waals surface area contributed by atoms with E-state index in [1.54, 1.807) is 4.68 Å². The summed E-state index contributed by atoms with van der Waals surface area (Å²) in [5.74, 6) is 0.915. The van der Waals surface area contributed by atoms with Crippen LogP contribution in [0.2, 0.25) is 5.02 Å². The highest BCUT2D eigenvalue weighted by atomic mass is 35.5. The predicted molar refractivity (Wildman–Crippen MR) is 69.2 cm³/mol. The van der Waals surface area contributed by atoms with Crippen LogP contribution in [-0.2, 0) is 6.54 Å². The number of rotatable bonds is 4. The van der Waals surface area contributed by atoms with E-state index in [9.17, 15) is 0 Å². The molecule has 0 aliphatic heterocycles. The number of nitrogens with two attached hydrogens (primary N) is 1. The highest BCUT2D eigenvalue weighted by molar-refractivity contribution is 6.31. The summed E-state index contributed by atoms with van der Waals surface area (Å²) in [6, 6.07) is 7.60. The van der Waals surface area contributed by atoms with Crippen molar-refractivity contribution in [3.05, 3.63) is 34.9 Å². The molecule has 0 amide bonds. The topological polar surface area (TPSA) is 68.8 Å². The molecule has 1 heterocycles. The summed E-state index contributed by atoms with van der Waals surface area (Å²) in [5, 5.41) is 7.96. The molecule has 5 nitrogen and oxygen atoms in total. The first kappa shape index (κ1) is 11.7. The van der Waals surface area contributed by atoms with Crippen molar-refractivity contribution in [2.24, 2.45) is 0 Å². The van der Waals surface area contributed by atoms with Gasteiger partial charge in [0.1, 0.15) is 0 Å². The van der Waals surface area contributed by atoms with Gasteiger partial charge in [-0.15, -0.1) is 5.10 Å². The molecule has 0 saturated carbocycles. The molecule has 1 aromatic carbocycles. The molecule has 17 heavy (non-hydrogen) atoms. The third-order valence-corrected chi connectivity index (χ3v) is 2.68. The maximum atomic E-state index is 6.08. The summed E-state index contributed by atoms with van der Waals surface area (Å²) in [4.78, 5) is 4.10. The van der Waals surface area contributed by atoms with Crippen molar-refractivity contribution in [1.82, 2.24) is 14.8 Å². The first-order chi connectivity index (χ1) is 8.20. The normalized spacial score (nSPS) is 10.5. The summed E-state index contributed by atoms with van der Waals surface area (Å²) in [6.07, 6.45) is 0. The molecular weight excluding hydrogens is 238 g/mol. The zero-order chi connectivity index (χ0) is 12.3. The van der Waals surface area contributed by atoms with Crippen molar-refractivity contribution in [2.45, 2.75) is 13.5 Å². The summed E-state index contributed by atoms with van der Waals surface area (Å²) < 4.78 is 1.62. The van der Waals surface area contributed by atoms with Crippen LogP contribution in [-0.4, -0.2) is 21.3 Å². The summed E-state index contributed by atoms with van der Waals surface area (Å²) in [6.45, 7) is 3.25. The van der Waals surface area contributed by atoms with Crippen LogP contribution in [0.5, 0.6) is 0 Å². The van der Waals surface area contributed by atoms with E-state index >= 15 is 0 Å². The third-order valence-electron chi connectivity index (χ3n) is 2.31. The second-order valence-corrected chi connectivity index (χ2v) is 3.98. The molecule has 0 unspecified atom stereocenters. The minimum atomic E-state index is 0.376. The number of halogens is 1. The fourth-order valence-electron chi connectivity index (χ4n) is 1.49. The van der Waals surface area contributed by atoms with Crippen molar-refractivity contribution in [1.29, 1.82) is 0 Å². The smallest absolute Gasteiger partial charge is 0.243 e. The summed E-state index contributed by atoms with van der Waals surface area (Å²) >= 11 is 6.08. The molecule has 0 radical (unpaired) electrons. The van der Waals surface area contributed by atoms with Gasteiger partial charge in [0, 0.05) is 11.6 Å². The van der Waals surface area contributed by atoms with E-state index in [1.807, 2.05) is 31.2 Å². The average Bonchev–Trinajstić information content (AvgIpc) is 2.63. The van der Waals surface area contributed by atoms with Gasteiger partial charge in [0.15, 0.2) is 0 Å². The molecular formula is C11H14ClN5. The molecule has 1 aromatic heterocycles. The van der Waals surface area contributed by atoms with E-state index in [0.717, 1.165) is 12.1 Å². The lowest BCUT2D eigenvalue weighted by molar-refractivity contribution is 0.697. The van der Waals surface area contributed by atoms with Crippen molar-refractivity contribution >= 4 is 23.5 Å². The molecule has 0 saturated heterocycles. The number of hydrogen-bond donors (Lipinski definition) is 2. The van der Waals surface area contributed by atoms with Gasteiger partial charge in [-0.3, -0.25) is 0 Å². The Morgan fingerprint density at radius 3 is 2.88 bits per heavy atom. The number of nitrogen functional groups attached to an aromatic ring is 1. The van der Waals surface area contributed by atoms with Crippen LogP contribution in [0, 0.1) is 0 Å². The largest absolute Gasteiger partial charge is 0.368 e. The Kier molecular flexibility index (Phi) is 3.49. The van der Waals surface area contributed by atoms with Crippen LogP contribution >= 0.6 is 11.6 Å². The minimum Gasteiger partial charge on any atom is -0.368 e. The fourth-order valence-corrected chi connectivity index (χ4v) is 1.69. The quantitative estimate of drug-likeness (QED) is 0.872. The Morgan fingerprint density at radius 1 is 1.41 bits per heavy atom. The molecule has 0 fully saturated rings. The van der Waals surface area contributed by atoms with Crippen LogP contribution in [0.3, 0.4) is 0 Å². The molecule has 2 aromatic rings. The zero-order valence-corrected chi connectivity index (χ0v) is 10.3. The van der Waals surface area contributed by atoms with Crippen molar-refractivity contribution < 1.29 is 0 Å². The van der Waals surface area contributed by atoms with Gasteiger partial charge in [-0.2, -0.15) is 4.98 Å². The second-order valence-electron chi connectivity index (χ2n) is 3.57. The van der Waals surface area contributed by atoms with Crippen molar-refractivity contribution in [3.63, 3.8) is 0 Å². The first-order valence-corrected chi connectivity index (χ1v) is 5.76. The van der Waals surface area contributed by atoms with E-state index in [2.05, 4.69) is 15.4 Å². The maximum absolute atomic E-state index is 6.08. The lowest BCUT2D eigenvalue weighted by Crippen LogP contribution is -2.07. The average molecular weight is 252 g/mol. The van der Waals surface area contributed by atoms with E-state index < -0.39 is 0 Å². The van der Waals surface area contributed by atoms with Crippen LogP contribution in [0.25, 0.3) is 0 Å². The standard InChI is InChI=1S/C11H14ClN5/c1-2-14-11-15-10(13)17(16-11)7-8-5-3-4-6-9(8)12/h3-6H,2,7H2,1H3,(H3,13,14,15,16). The van der Waals surface area contributed by atoms with E-state index in [-0.39, 0.29) is 0 Å². The van der Waals surface area contributed by atoms with Gasteiger partial charge < -0.3 is 11.1 Å². The lowest BCUT2D eigenvalue weighted by atomic mass is 10.2. The molecule has 2 rings (SSSR count). The Balaban J connectivity index is 2.21.